The van der Waals surface area contributed by atoms with Crippen molar-refractivity contribution in [3.8, 4) is 33.6 Å². The number of rotatable bonds is 4. The van der Waals surface area contributed by atoms with Crippen molar-refractivity contribution in [2.75, 3.05) is 0 Å². The van der Waals surface area contributed by atoms with Crippen molar-refractivity contribution in [2.24, 2.45) is 0 Å². The van der Waals surface area contributed by atoms with Crippen LogP contribution in [0, 0.1) is 19.7 Å². The Bertz CT molecular complexity index is 2920. The maximum absolute atomic E-state index is 8.29. The van der Waals surface area contributed by atoms with Gasteiger partial charge in [0.1, 0.15) is 0 Å². The zero-order valence-electron chi connectivity index (χ0n) is 26.7. The summed E-state index contributed by atoms with van der Waals surface area (Å²) >= 11 is 0. The molecule has 0 N–H and O–H groups in total. The molecule has 0 fully saturated rings. The second-order valence-corrected chi connectivity index (χ2v) is 12.2. The molecular weight excluding hydrogens is 611 g/mol. The van der Waals surface area contributed by atoms with E-state index in [4.69, 9.17) is 19.7 Å². The Labute approximate surface area is 288 Å². The van der Waals surface area contributed by atoms with Crippen molar-refractivity contribution >= 4 is 60.7 Å². The summed E-state index contributed by atoms with van der Waals surface area (Å²) in [5, 5.41) is 4.08. The monoisotopic (exact) mass is 635 g/mol. The van der Waals surface area contributed by atoms with E-state index in [1.807, 2.05) is 60.7 Å². The van der Waals surface area contributed by atoms with E-state index in [0.29, 0.717) is 17.1 Å². The van der Waals surface area contributed by atoms with E-state index in [1.165, 1.54) is 10.8 Å². The number of para-hydroxylation sites is 3. The Morgan fingerprint density at radius 1 is 0.420 bits per heavy atom. The number of nitrogens with zero attached hydrogens (tertiary/aromatic N) is 5. The van der Waals surface area contributed by atoms with Gasteiger partial charge in [0.25, 0.3) is 0 Å². The number of fused-ring (bicyclic) bond motifs is 6. The highest BCUT2D eigenvalue weighted by Crippen LogP contribution is 2.46. The van der Waals surface area contributed by atoms with Crippen LogP contribution in [0.4, 0.5) is 17.1 Å². The van der Waals surface area contributed by atoms with Crippen molar-refractivity contribution in [1.82, 2.24) is 9.13 Å². The highest BCUT2D eigenvalue weighted by molar-refractivity contribution is 6.16. The summed E-state index contributed by atoms with van der Waals surface area (Å²) in [6, 6.07) is 51.0. The van der Waals surface area contributed by atoms with Crippen molar-refractivity contribution < 1.29 is 0 Å². The van der Waals surface area contributed by atoms with Gasteiger partial charge in [-0.25, -0.2) is 14.5 Å². The number of hydrogen-bond acceptors (Lipinski definition) is 0. The first-order valence-electron chi connectivity index (χ1n) is 16.2. The summed E-state index contributed by atoms with van der Waals surface area (Å²) in [5.41, 5.74) is 11.3. The average molecular weight is 636 g/mol. The van der Waals surface area contributed by atoms with Gasteiger partial charge in [-0.1, -0.05) is 103 Å². The molecule has 0 saturated carbocycles. The number of benzene rings is 7. The lowest BCUT2D eigenvalue weighted by molar-refractivity contribution is 1.18. The Hall–Kier alpha value is -7.39. The zero-order valence-corrected chi connectivity index (χ0v) is 26.7. The first-order valence-corrected chi connectivity index (χ1v) is 16.2. The molecule has 0 spiro atoms. The third-order valence-electron chi connectivity index (χ3n) is 9.57. The predicted molar refractivity (Wildman–Crippen MR) is 205 cm³/mol. The topological polar surface area (TPSA) is 22.9 Å². The Kier molecular flexibility index (Phi) is 6.56. The molecule has 0 bridgehead atoms. The summed E-state index contributed by atoms with van der Waals surface area (Å²) in [5.74, 6) is 0. The van der Waals surface area contributed by atoms with Crippen molar-refractivity contribution in [1.29, 1.82) is 0 Å². The normalized spacial score (nSPS) is 11.1. The molecular formula is C45H25N5. The summed E-state index contributed by atoms with van der Waals surface area (Å²) in [4.78, 5) is 11.6. The molecule has 0 amide bonds. The SMILES string of the molecule is [C-]#[N+]c1ccc2c(c1)c1c([N+]#[C-])cccc1n2-c1ccccc1-c1c([N+]#[C-])cccc1-c1cccc(-n2c3ccccc3c3ccccc32)c1. The van der Waals surface area contributed by atoms with Gasteiger partial charge in [-0.3, -0.25) is 0 Å². The fourth-order valence-corrected chi connectivity index (χ4v) is 7.51. The Morgan fingerprint density at radius 2 is 1.04 bits per heavy atom. The third-order valence-corrected chi connectivity index (χ3v) is 9.57. The molecule has 0 saturated heterocycles. The van der Waals surface area contributed by atoms with Crippen molar-refractivity contribution in [2.45, 2.75) is 0 Å². The van der Waals surface area contributed by atoms with Gasteiger partial charge in [0.05, 0.1) is 42.0 Å². The minimum atomic E-state index is 0.522. The number of hydrogen-bond donors (Lipinski definition) is 0. The molecule has 0 radical (unpaired) electrons. The molecule has 9 aromatic rings. The third kappa shape index (κ3) is 4.24. The number of aromatic nitrogens is 2. The van der Waals surface area contributed by atoms with E-state index in [2.05, 4.69) is 115 Å². The molecule has 50 heavy (non-hydrogen) atoms. The molecule has 2 heterocycles. The molecule has 7 aromatic carbocycles. The molecule has 0 atom stereocenters. The van der Waals surface area contributed by atoms with E-state index in [9.17, 15) is 0 Å². The second kappa shape index (κ2) is 11.4. The van der Waals surface area contributed by atoms with Crippen LogP contribution in [0.1, 0.15) is 0 Å². The smallest absolute Gasteiger partial charge is 0.197 e. The lowest BCUT2D eigenvalue weighted by Crippen LogP contribution is -1.98. The average Bonchev–Trinajstić information content (AvgIpc) is 3.70. The minimum Gasteiger partial charge on any atom is -0.310 e. The zero-order chi connectivity index (χ0) is 33.8. The molecule has 0 aliphatic rings. The maximum atomic E-state index is 8.29. The lowest BCUT2D eigenvalue weighted by atomic mass is 9.91. The molecule has 5 nitrogen and oxygen atoms in total. The van der Waals surface area contributed by atoms with Crippen LogP contribution in [-0.2, 0) is 0 Å². The largest absolute Gasteiger partial charge is 0.310 e. The van der Waals surface area contributed by atoms with Gasteiger partial charge in [0.15, 0.2) is 17.1 Å². The second-order valence-electron chi connectivity index (χ2n) is 12.2. The molecule has 2 aromatic heterocycles. The molecule has 0 aliphatic heterocycles. The van der Waals surface area contributed by atoms with Gasteiger partial charge in [-0.15, -0.1) is 0 Å². The first-order chi connectivity index (χ1) is 24.7. The maximum Gasteiger partial charge on any atom is 0.197 e. The van der Waals surface area contributed by atoms with Gasteiger partial charge in [-0.2, -0.15) is 0 Å². The molecule has 9 rings (SSSR count). The van der Waals surface area contributed by atoms with Crippen LogP contribution >= 0.6 is 0 Å². The summed E-state index contributed by atoms with van der Waals surface area (Å²) in [6.45, 7) is 23.9. The fraction of sp³-hybridized carbons (Fsp3) is 0. The van der Waals surface area contributed by atoms with E-state index in [-0.39, 0.29) is 0 Å². The highest BCUT2D eigenvalue weighted by atomic mass is 15.0. The van der Waals surface area contributed by atoms with Crippen molar-refractivity contribution in [3.05, 3.63) is 186 Å². The van der Waals surface area contributed by atoms with Gasteiger partial charge in [-0.05, 0) is 76.2 Å². The molecule has 0 aliphatic carbocycles. The van der Waals surface area contributed by atoms with E-state index in [1.54, 1.807) is 0 Å². The Morgan fingerprint density at radius 3 is 1.80 bits per heavy atom. The van der Waals surface area contributed by atoms with Crippen LogP contribution in [0.5, 0.6) is 0 Å². The van der Waals surface area contributed by atoms with Crippen LogP contribution in [-0.4, -0.2) is 9.13 Å². The summed E-state index contributed by atoms with van der Waals surface area (Å²) in [7, 11) is 0. The standard InChI is InChI=1S/C45H25N5/c1-46-30-25-26-42-36(28-30)45-38(48-3)20-12-24-43(45)50(42)41-23-9-6-17-35(41)44-32(18-11-19-37(44)47-2)29-13-10-14-31(27-29)49-39-21-7-4-15-33(39)34-16-5-8-22-40(34)49/h4-28H. The highest BCUT2D eigenvalue weighted by Gasteiger charge is 2.21. The van der Waals surface area contributed by atoms with Crippen LogP contribution in [0.2, 0.25) is 0 Å². The van der Waals surface area contributed by atoms with Crippen molar-refractivity contribution in [3.63, 3.8) is 0 Å². The fourth-order valence-electron chi connectivity index (χ4n) is 7.51. The van der Waals surface area contributed by atoms with Gasteiger partial charge in [0, 0.05) is 27.4 Å². The van der Waals surface area contributed by atoms with Gasteiger partial charge >= 0.3 is 0 Å². The lowest BCUT2D eigenvalue weighted by Gasteiger charge is -2.19. The molecule has 0 unspecified atom stereocenters. The summed E-state index contributed by atoms with van der Waals surface area (Å²) < 4.78 is 4.48. The summed E-state index contributed by atoms with van der Waals surface area (Å²) in [6.07, 6.45) is 0. The van der Waals surface area contributed by atoms with E-state index >= 15 is 0 Å². The first kappa shape index (κ1) is 28.8. The van der Waals surface area contributed by atoms with Crippen LogP contribution in [0.15, 0.2) is 152 Å². The predicted octanol–water partition coefficient (Wildman–Crippen LogP) is 12.9. The Balaban J connectivity index is 1.31. The minimum absolute atomic E-state index is 0.522. The van der Waals surface area contributed by atoms with Crippen LogP contribution in [0.3, 0.4) is 0 Å². The van der Waals surface area contributed by atoms with Gasteiger partial charge < -0.3 is 9.13 Å². The van der Waals surface area contributed by atoms with Crippen LogP contribution < -0.4 is 0 Å². The van der Waals surface area contributed by atoms with E-state index in [0.717, 1.165) is 66.5 Å². The van der Waals surface area contributed by atoms with Gasteiger partial charge in [0.2, 0.25) is 0 Å². The van der Waals surface area contributed by atoms with E-state index < -0.39 is 0 Å². The quantitative estimate of drug-likeness (QED) is 0.172. The molecule has 230 valence electrons. The van der Waals surface area contributed by atoms with Crippen LogP contribution in [0.25, 0.3) is 91.8 Å². The molecule has 5 heteroatoms.